The molecule has 4 amide bonds. The van der Waals surface area contributed by atoms with E-state index in [1.807, 2.05) is 50.2 Å². The standard InChI is InChI=1S/C24H24N4O5S/c1-13(2)10-18(20(29)27-23-25-17(12-34-23)22(31)33-3)28-21(30)19(26-24(28)32)16-9-8-14-6-4-5-7-15(14)11-16/h4-9,11-13,18-19H,10H2,1-3H3,(H,26,32)(H,25,27,29)/t18-,19?/m0/s1. The SMILES string of the molecule is COC(=O)c1csc(NC(=O)[C@H](CC(C)C)N2C(=O)NC(c3ccc4ccccc4c3)C2=O)n1. The van der Waals surface area contributed by atoms with Gasteiger partial charge in [0.25, 0.3) is 5.91 Å². The van der Waals surface area contributed by atoms with Crippen LogP contribution in [0.3, 0.4) is 0 Å². The number of esters is 1. The largest absolute Gasteiger partial charge is 0.464 e. The second-order valence-corrected chi connectivity index (χ2v) is 9.22. The van der Waals surface area contributed by atoms with Crippen LogP contribution in [0, 0.1) is 5.92 Å². The number of carbonyl (C=O) groups is 4. The number of rotatable bonds is 7. The quantitative estimate of drug-likeness (QED) is 0.393. The molecule has 0 spiro atoms. The van der Waals surface area contributed by atoms with Gasteiger partial charge in [0.15, 0.2) is 10.8 Å². The average molecular weight is 481 g/mol. The number of anilines is 1. The van der Waals surface area contributed by atoms with Gasteiger partial charge in [-0.3, -0.25) is 9.59 Å². The van der Waals surface area contributed by atoms with E-state index in [2.05, 4.69) is 20.4 Å². The smallest absolute Gasteiger partial charge is 0.357 e. The fraction of sp³-hybridized carbons (Fsp3) is 0.292. The van der Waals surface area contributed by atoms with E-state index >= 15 is 0 Å². The molecule has 0 aliphatic carbocycles. The van der Waals surface area contributed by atoms with Crippen LogP contribution >= 0.6 is 11.3 Å². The van der Waals surface area contributed by atoms with Crippen molar-refractivity contribution < 1.29 is 23.9 Å². The summed E-state index contributed by atoms with van der Waals surface area (Å²) >= 11 is 1.05. The molecule has 1 saturated heterocycles. The molecule has 9 nitrogen and oxygen atoms in total. The summed E-state index contributed by atoms with van der Waals surface area (Å²) in [7, 11) is 1.24. The molecule has 2 heterocycles. The molecule has 0 radical (unpaired) electrons. The Hall–Kier alpha value is -3.79. The first-order valence-corrected chi connectivity index (χ1v) is 11.6. The maximum Gasteiger partial charge on any atom is 0.357 e. The lowest BCUT2D eigenvalue weighted by atomic mass is 9.99. The van der Waals surface area contributed by atoms with Gasteiger partial charge in [0.2, 0.25) is 5.91 Å². The van der Waals surface area contributed by atoms with Crippen LogP contribution in [0.2, 0.25) is 0 Å². The Balaban J connectivity index is 1.58. The fourth-order valence-corrected chi connectivity index (χ4v) is 4.58. The molecule has 2 aromatic carbocycles. The van der Waals surface area contributed by atoms with Crippen molar-refractivity contribution in [2.45, 2.75) is 32.4 Å². The van der Waals surface area contributed by atoms with Crippen LogP contribution in [0.4, 0.5) is 9.93 Å². The van der Waals surface area contributed by atoms with E-state index in [4.69, 9.17) is 0 Å². The van der Waals surface area contributed by atoms with E-state index < -0.39 is 35.9 Å². The molecule has 1 unspecified atom stereocenters. The van der Waals surface area contributed by atoms with E-state index in [0.717, 1.165) is 27.0 Å². The number of hydrogen-bond acceptors (Lipinski definition) is 7. The maximum atomic E-state index is 13.4. The number of fused-ring (bicyclic) bond motifs is 1. The van der Waals surface area contributed by atoms with Gasteiger partial charge in [-0.2, -0.15) is 0 Å². The number of aromatic nitrogens is 1. The Morgan fingerprint density at radius 3 is 2.62 bits per heavy atom. The highest BCUT2D eigenvalue weighted by atomic mass is 32.1. The molecule has 10 heteroatoms. The van der Waals surface area contributed by atoms with Gasteiger partial charge in [-0.1, -0.05) is 50.2 Å². The highest BCUT2D eigenvalue weighted by Crippen LogP contribution is 2.29. The zero-order valence-corrected chi connectivity index (χ0v) is 19.7. The first kappa shape index (κ1) is 23.4. The van der Waals surface area contributed by atoms with Crippen LogP contribution in [-0.2, 0) is 14.3 Å². The second-order valence-electron chi connectivity index (χ2n) is 8.36. The van der Waals surface area contributed by atoms with Crippen LogP contribution in [0.25, 0.3) is 10.8 Å². The molecule has 2 N–H and O–H groups in total. The molecule has 3 aromatic rings. The number of thiazole rings is 1. The summed E-state index contributed by atoms with van der Waals surface area (Å²) in [6.07, 6.45) is 0.269. The lowest BCUT2D eigenvalue weighted by molar-refractivity contribution is -0.134. The van der Waals surface area contributed by atoms with Crippen molar-refractivity contribution in [3.8, 4) is 0 Å². The number of hydrogen-bond donors (Lipinski definition) is 2. The second kappa shape index (κ2) is 9.60. The molecule has 1 fully saturated rings. The zero-order chi connectivity index (χ0) is 24.4. The molecule has 1 aliphatic heterocycles. The first-order valence-electron chi connectivity index (χ1n) is 10.8. The minimum atomic E-state index is -1.04. The highest BCUT2D eigenvalue weighted by Gasteiger charge is 2.45. The van der Waals surface area contributed by atoms with Crippen LogP contribution in [0.1, 0.15) is 42.4 Å². The maximum absolute atomic E-state index is 13.4. The fourth-order valence-electron chi connectivity index (χ4n) is 3.90. The predicted molar refractivity (Wildman–Crippen MR) is 127 cm³/mol. The van der Waals surface area contributed by atoms with Gasteiger partial charge in [-0.25, -0.2) is 19.5 Å². The van der Waals surface area contributed by atoms with Crippen LogP contribution in [0.15, 0.2) is 47.8 Å². The van der Waals surface area contributed by atoms with Gasteiger partial charge < -0.3 is 15.4 Å². The molecular formula is C24H24N4O5S. The van der Waals surface area contributed by atoms with Crippen molar-refractivity contribution >= 4 is 51.1 Å². The Bertz CT molecular complexity index is 1270. The topological polar surface area (TPSA) is 118 Å². The van der Waals surface area contributed by atoms with Crippen LogP contribution in [0.5, 0.6) is 0 Å². The Labute approximate surface area is 200 Å². The molecule has 0 bridgehead atoms. The molecule has 0 saturated carbocycles. The number of benzene rings is 2. The zero-order valence-electron chi connectivity index (χ0n) is 18.9. The van der Waals surface area contributed by atoms with E-state index in [-0.39, 0.29) is 23.2 Å². The molecule has 2 atom stereocenters. The number of ether oxygens (including phenoxy) is 1. The summed E-state index contributed by atoms with van der Waals surface area (Å²) in [5, 5.41) is 8.95. The summed E-state index contributed by atoms with van der Waals surface area (Å²) in [5.41, 5.74) is 0.709. The third-order valence-electron chi connectivity index (χ3n) is 5.52. The lowest BCUT2D eigenvalue weighted by Gasteiger charge is -2.25. The number of urea groups is 1. The minimum Gasteiger partial charge on any atom is -0.464 e. The van der Waals surface area contributed by atoms with E-state index in [0.29, 0.717) is 5.56 Å². The average Bonchev–Trinajstić information content (AvgIpc) is 3.40. The van der Waals surface area contributed by atoms with Gasteiger partial charge in [0, 0.05) is 5.38 Å². The number of amides is 4. The van der Waals surface area contributed by atoms with Crippen LogP contribution < -0.4 is 10.6 Å². The van der Waals surface area contributed by atoms with E-state index in [9.17, 15) is 19.2 Å². The normalized spacial score (nSPS) is 16.6. The summed E-state index contributed by atoms with van der Waals surface area (Å²) in [6, 6.07) is 10.7. The van der Waals surface area contributed by atoms with Crippen LogP contribution in [-0.4, -0.2) is 46.9 Å². The summed E-state index contributed by atoms with van der Waals surface area (Å²) in [5.74, 6) is -1.64. The number of methoxy groups -OCH3 is 1. The first-order chi connectivity index (χ1) is 16.3. The lowest BCUT2D eigenvalue weighted by Crippen LogP contribution is -2.48. The van der Waals surface area contributed by atoms with E-state index in [1.165, 1.54) is 12.5 Å². The van der Waals surface area contributed by atoms with Crippen molar-refractivity contribution in [3.63, 3.8) is 0 Å². The monoisotopic (exact) mass is 480 g/mol. The van der Waals surface area contributed by atoms with Gasteiger partial charge >= 0.3 is 12.0 Å². The third-order valence-corrected chi connectivity index (χ3v) is 6.27. The summed E-state index contributed by atoms with van der Waals surface area (Å²) in [4.78, 5) is 56.1. The molecule has 1 aliphatic rings. The molecule has 34 heavy (non-hydrogen) atoms. The Morgan fingerprint density at radius 1 is 1.18 bits per heavy atom. The number of imide groups is 1. The highest BCUT2D eigenvalue weighted by molar-refractivity contribution is 7.14. The Kier molecular flexibility index (Phi) is 6.60. The summed E-state index contributed by atoms with van der Waals surface area (Å²) < 4.78 is 4.63. The predicted octanol–water partition coefficient (Wildman–Crippen LogP) is 3.73. The van der Waals surface area contributed by atoms with Crippen molar-refractivity contribution in [2.75, 3.05) is 12.4 Å². The third kappa shape index (κ3) is 4.62. The summed E-state index contributed by atoms with van der Waals surface area (Å²) in [6.45, 7) is 3.80. The van der Waals surface area contributed by atoms with Crippen molar-refractivity contribution in [1.29, 1.82) is 0 Å². The van der Waals surface area contributed by atoms with Gasteiger partial charge in [0.1, 0.15) is 12.1 Å². The molecule has 176 valence electrons. The molecule has 4 rings (SSSR count). The van der Waals surface area contributed by atoms with E-state index in [1.54, 1.807) is 6.07 Å². The van der Waals surface area contributed by atoms with Crippen molar-refractivity contribution in [2.24, 2.45) is 5.92 Å². The van der Waals surface area contributed by atoms with Gasteiger partial charge in [-0.15, -0.1) is 11.3 Å². The molecular weight excluding hydrogens is 456 g/mol. The van der Waals surface area contributed by atoms with Crippen molar-refractivity contribution in [3.05, 3.63) is 59.1 Å². The Morgan fingerprint density at radius 2 is 1.91 bits per heavy atom. The number of nitrogens with zero attached hydrogens (tertiary/aromatic N) is 2. The minimum absolute atomic E-state index is 0.0259. The number of nitrogens with one attached hydrogen (secondary N) is 2. The van der Waals surface area contributed by atoms with Gasteiger partial charge in [0.05, 0.1) is 7.11 Å². The van der Waals surface area contributed by atoms with Crippen molar-refractivity contribution in [1.82, 2.24) is 15.2 Å². The van der Waals surface area contributed by atoms with Gasteiger partial charge in [-0.05, 0) is 34.7 Å². The molecule has 1 aromatic heterocycles. The number of carbonyl (C=O) groups excluding carboxylic acids is 4.